The van der Waals surface area contributed by atoms with Crippen LogP contribution in [0.3, 0.4) is 0 Å². The van der Waals surface area contributed by atoms with Gasteiger partial charge in [-0.15, -0.1) is 0 Å². The maximum Gasteiger partial charge on any atom is 0.250 e. The molecule has 2 aliphatic rings. The number of carbonyl (C=O) groups excluding carboxylic acids is 1. The lowest BCUT2D eigenvalue weighted by Gasteiger charge is -2.29. The number of piperidine rings is 1. The van der Waals surface area contributed by atoms with Crippen molar-refractivity contribution in [2.45, 2.75) is 38.6 Å². The number of hydrogen-bond acceptors (Lipinski definition) is 1. The lowest BCUT2D eigenvalue weighted by Crippen LogP contribution is -2.38. The van der Waals surface area contributed by atoms with Crippen LogP contribution in [0.25, 0.3) is 0 Å². The maximum absolute atomic E-state index is 11.6. The number of hydrogen-bond donors (Lipinski definition) is 0. The van der Waals surface area contributed by atoms with Crippen LogP contribution in [0.1, 0.15) is 32.6 Å². The summed E-state index contributed by atoms with van der Waals surface area (Å²) >= 11 is 0. The first-order valence-electron chi connectivity index (χ1n) is 4.84. The van der Waals surface area contributed by atoms with Crippen molar-refractivity contribution in [2.75, 3.05) is 6.54 Å². The molecule has 1 atom stereocenters. The number of fused-ring (bicyclic) bond motifs is 1. The third kappa shape index (κ3) is 1.06. The van der Waals surface area contributed by atoms with E-state index in [1.54, 1.807) is 0 Å². The normalized spacial score (nSPS) is 28.8. The summed E-state index contributed by atoms with van der Waals surface area (Å²) < 4.78 is 0. The molecule has 1 saturated heterocycles. The second-order valence-electron chi connectivity index (χ2n) is 3.61. The van der Waals surface area contributed by atoms with E-state index in [9.17, 15) is 4.79 Å². The van der Waals surface area contributed by atoms with E-state index in [4.69, 9.17) is 0 Å². The Morgan fingerprint density at radius 3 is 3.08 bits per heavy atom. The zero-order valence-corrected chi connectivity index (χ0v) is 7.55. The summed E-state index contributed by atoms with van der Waals surface area (Å²) in [6, 6.07) is 0.446. The molecule has 2 aliphatic heterocycles. The molecule has 1 amide bonds. The van der Waals surface area contributed by atoms with Gasteiger partial charge in [-0.3, -0.25) is 4.79 Å². The van der Waals surface area contributed by atoms with E-state index >= 15 is 0 Å². The Kier molecular flexibility index (Phi) is 1.91. The zero-order valence-electron chi connectivity index (χ0n) is 7.55. The third-order valence-corrected chi connectivity index (χ3v) is 2.86. The molecule has 0 aromatic heterocycles. The van der Waals surface area contributed by atoms with Gasteiger partial charge in [0.05, 0.1) is 6.04 Å². The molecule has 1 unspecified atom stereocenters. The first-order chi connectivity index (χ1) is 5.83. The van der Waals surface area contributed by atoms with Crippen molar-refractivity contribution in [1.82, 2.24) is 4.90 Å². The molecule has 12 heavy (non-hydrogen) atoms. The molecule has 2 heterocycles. The Morgan fingerprint density at radius 2 is 2.42 bits per heavy atom. The van der Waals surface area contributed by atoms with Crippen LogP contribution in [0.2, 0.25) is 0 Å². The van der Waals surface area contributed by atoms with Gasteiger partial charge < -0.3 is 4.90 Å². The largest absolute Gasteiger partial charge is 0.332 e. The smallest absolute Gasteiger partial charge is 0.250 e. The van der Waals surface area contributed by atoms with Crippen LogP contribution < -0.4 is 0 Å². The SMILES string of the molecule is CCC1=CC2CCCCN2C1=O. The van der Waals surface area contributed by atoms with Crippen molar-refractivity contribution < 1.29 is 4.79 Å². The quantitative estimate of drug-likeness (QED) is 0.579. The molecule has 0 aliphatic carbocycles. The summed E-state index contributed by atoms with van der Waals surface area (Å²) in [4.78, 5) is 13.7. The summed E-state index contributed by atoms with van der Waals surface area (Å²) in [5.41, 5.74) is 1.03. The van der Waals surface area contributed by atoms with Gasteiger partial charge in [-0.25, -0.2) is 0 Å². The van der Waals surface area contributed by atoms with Crippen LogP contribution in [-0.2, 0) is 4.79 Å². The van der Waals surface area contributed by atoms with Crippen molar-refractivity contribution in [3.8, 4) is 0 Å². The van der Waals surface area contributed by atoms with Gasteiger partial charge >= 0.3 is 0 Å². The Balaban J connectivity index is 2.17. The molecular weight excluding hydrogens is 150 g/mol. The van der Waals surface area contributed by atoms with Gasteiger partial charge in [0.15, 0.2) is 0 Å². The summed E-state index contributed by atoms with van der Waals surface area (Å²) in [6.07, 6.45) is 6.71. The van der Waals surface area contributed by atoms with Gasteiger partial charge in [0.2, 0.25) is 5.91 Å². The highest BCUT2D eigenvalue weighted by Crippen LogP contribution is 2.27. The Hall–Kier alpha value is -0.790. The van der Waals surface area contributed by atoms with E-state index in [0.29, 0.717) is 11.9 Å². The van der Waals surface area contributed by atoms with Crippen molar-refractivity contribution in [3.05, 3.63) is 11.6 Å². The molecule has 2 heteroatoms. The minimum Gasteiger partial charge on any atom is -0.332 e. The van der Waals surface area contributed by atoms with Gasteiger partial charge in [0, 0.05) is 12.1 Å². The second kappa shape index (κ2) is 2.92. The zero-order chi connectivity index (χ0) is 8.55. The van der Waals surface area contributed by atoms with E-state index in [-0.39, 0.29) is 0 Å². The molecule has 2 nitrogen and oxygen atoms in total. The Morgan fingerprint density at radius 1 is 1.58 bits per heavy atom. The molecular formula is C10H15NO. The Bertz CT molecular complexity index is 232. The van der Waals surface area contributed by atoms with Gasteiger partial charge in [-0.05, 0) is 25.7 Å². The molecule has 0 N–H and O–H groups in total. The van der Waals surface area contributed by atoms with Crippen LogP contribution in [0.15, 0.2) is 11.6 Å². The lowest BCUT2D eigenvalue weighted by molar-refractivity contribution is -0.128. The van der Waals surface area contributed by atoms with Crippen molar-refractivity contribution in [1.29, 1.82) is 0 Å². The summed E-state index contributed by atoms with van der Waals surface area (Å²) in [6.45, 7) is 3.03. The standard InChI is InChI=1S/C10H15NO/c1-2-8-7-9-5-3-4-6-11(9)10(8)12/h7,9H,2-6H2,1H3. The van der Waals surface area contributed by atoms with Crippen molar-refractivity contribution in [3.63, 3.8) is 0 Å². The first kappa shape index (κ1) is 7.84. The van der Waals surface area contributed by atoms with E-state index in [2.05, 4.69) is 13.0 Å². The highest BCUT2D eigenvalue weighted by Gasteiger charge is 2.32. The third-order valence-electron chi connectivity index (χ3n) is 2.86. The molecule has 0 radical (unpaired) electrons. The predicted octanol–water partition coefficient (Wildman–Crippen LogP) is 1.72. The number of nitrogens with zero attached hydrogens (tertiary/aromatic N) is 1. The number of amides is 1. The lowest BCUT2D eigenvalue weighted by atomic mass is 10.0. The molecule has 0 aromatic rings. The Labute approximate surface area is 73.2 Å². The first-order valence-corrected chi connectivity index (χ1v) is 4.84. The van der Waals surface area contributed by atoms with E-state index in [1.165, 1.54) is 19.3 Å². The minimum absolute atomic E-state index is 0.294. The average Bonchev–Trinajstić information content (AvgIpc) is 2.44. The van der Waals surface area contributed by atoms with Crippen LogP contribution in [0.4, 0.5) is 0 Å². The molecule has 0 aromatic carbocycles. The predicted molar refractivity (Wildman–Crippen MR) is 47.7 cm³/mol. The van der Waals surface area contributed by atoms with E-state index in [0.717, 1.165) is 18.5 Å². The van der Waals surface area contributed by atoms with Gasteiger partial charge in [-0.1, -0.05) is 13.0 Å². The fourth-order valence-corrected chi connectivity index (χ4v) is 2.14. The van der Waals surface area contributed by atoms with Gasteiger partial charge in [0.25, 0.3) is 0 Å². The summed E-state index contributed by atoms with van der Waals surface area (Å²) in [5, 5.41) is 0. The summed E-state index contributed by atoms with van der Waals surface area (Å²) in [5.74, 6) is 0.294. The molecule has 66 valence electrons. The molecule has 0 saturated carbocycles. The minimum atomic E-state index is 0.294. The maximum atomic E-state index is 11.6. The van der Waals surface area contributed by atoms with Crippen molar-refractivity contribution in [2.24, 2.45) is 0 Å². The van der Waals surface area contributed by atoms with Crippen LogP contribution in [0, 0.1) is 0 Å². The number of rotatable bonds is 1. The van der Waals surface area contributed by atoms with Crippen LogP contribution in [0.5, 0.6) is 0 Å². The summed E-state index contributed by atoms with van der Waals surface area (Å²) in [7, 11) is 0. The number of carbonyl (C=O) groups is 1. The fraction of sp³-hybridized carbons (Fsp3) is 0.700. The topological polar surface area (TPSA) is 20.3 Å². The van der Waals surface area contributed by atoms with Gasteiger partial charge in [0.1, 0.15) is 0 Å². The molecule has 0 bridgehead atoms. The monoisotopic (exact) mass is 165 g/mol. The van der Waals surface area contributed by atoms with Crippen molar-refractivity contribution >= 4 is 5.91 Å². The highest BCUT2D eigenvalue weighted by molar-refractivity contribution is 5.96. The highest BCUT2D eigenvalue weighted by atomic mass is 16.2. The molecule has 0 spiro atoms. The van der Waals surface area contributed by atoms with Crippen LogP contribution >= 0.6 is 0 Å². The van der Waals surface area contributed by atoms with Crippen LogP contribution in [-0.4, -0.2) is 23.4 Å². The molecule has 2 rings (SSSR count). The average molecular weight is 165 g/mol. The fourth-order valence-electron chi connectivity index (χ4n) is 2.14. The van der Waals surface area contributed by atoms with E-state index < -0.39 is 0 Å². The second-order valence-corrected chi connectivity index (χ2v) is 3.61. The van der Waals surface area contributed by atoms with Gasteiger partial charge in [-0.2, -0.15) is 0 Å². The molecule has 1 fully saturated rings. The van der Waals surface area contributed by atoms with E-state index in [1.807, 2.05) is 4.90 Å².